The summed E-state index contributed by atoms with van der Waals surface area (Å²) in [5, 5.41) is 0. The van der Waals surface area contributed by atoms with Gasteiger partial charge in [-0.05, 0) is 30.9 Å². The lowest BCUT2D eigenvalue weighted by atomic mass is 10.0. The third kappa shape index (κ3) is 2.53. The summed E-state index contributed by atoms with van der Waals surface area (Å²) in [4.78, 5) is 13.8. The van der Waals surface area contributed by atoms with Gasteiger partial charge in [0.1, 0.15) is 0 Å². The van der Waals surface area contributed by atoms with Crippen LogP contribution in [0.1, 0.15) is 25.1 Å². The summed E-state index contributed by atoms with van der Waals surface area (Å²) in [7, 11) is 0. The molecule has 0 atom stereocenters. The minimum Gasteiger partial charge on any atom is -0.327 e. The van der Waals surface area contributed by atoms with Gasteiger partial charge in [0, 0.05) is 11.8 Å². The third-order valence-corrected chi connectivity index (χ3v) is 1.68. The first kappa shape index (κ1) is 9.04. The highest BCUT2D eigenvalue weighted by atomic mass is 16.1. The van der Waals surface area contributed by atoms with Crippen LogP contribution in [0.15, 0.2) is 16.9 Å². The Morgan fingerprint density at radius 3 is 2.58 bits per heavy atom. The van der Waals surface area contributed by atoms with Crippen LogP contribution in [0.25, 0.3) is 0 Å². The highest BCUT2D eigenvalue weighted by Crippen LogP contribution is 2.05. The Labute approximate surface area is 72.6 Å². The number of aryl methyl sites for hydroxylation is 1. The van der Waals surface area contributed by atoms with Gasteiger partial charge in [-0.1, -0.05) is 13.8 Å². The molecular weight excluding hydrogens is 150 g/mol. The second-order valence-corrected chi connectivity index (χ2v) is 3.63. The Balaban J connectivity index is 2.93. The van der Waals surface area contributed by atoms with Gasteiger partial charge in [0.05, 0.1) is 0 Å². The van der Waals surface area contributed by atoms with Crippen molar-refractivity contribution < 1.29 is 0 Å². The molecule has 0 amide bonds. The normalized spacial score (nSPS) is 10.7. The zero-order valence-corrected chi connectivity index (χ0v) is 7.85. The Morgan fingerprint density at radius 2 is 2.08 bits per heavy atom. The lowest BCUT2D eigenvalue weighted by Gasteiger charge is -2.04. The number of H-pyrrole nitrogens is 1. The molecule has 1 N–H and O–H groups in total. The molecule has 0 saturated carbocycles. The number of rotatable bonds is 2. The average Bonchev–Trinajstić information content (AvgIpc) is 1.81. The van der Waals surface area contributed by atoms with Crippen molar-refractivity contribution in [3.05, 3.63) is 33.7 Å². The lowest BCUT2D eigenvalue weighted by Crippen LogP contribution is -2.08. The maximum atomic E-state index is 11.0. The molecule has 0 aliphatic heterocycles. The SMILES string of the molecule is Cc1cc(CC(C)C)cc(=O)[nH]1. The van der Waals surface area contributed by atoms with Gasteiger partial charge in [-0.15, -0.1) is 0 Å². The molecule has 0 radical (unpaired) electrons. The second-order valence-electron chi connectivity index (χ2n) is 3.63. The standard InChI is InChI=1S/C10H15NO/c1-7(2)4-9-5-8(3)11-10(12)6-9/h5-7H,4H2,1-3H3,(H,11,12). The Morgan fingerprint density at radius 1 is 1.42 bits per heavy atom. The number of nitrogens with one attached hydrogen (secondary N) is 1. The van der Waals surface area contributed by atoms with E-state index in [2.05, 4.69) is 18.8 Å². The van der Waals surface area contributed by atoms with Crippen molar-refractivity contribution in [1.29, 1.82) is 0 Å². The van der Waals surface area contributed by atoms with Crippen LogP contribution in [-0.4, -0.2) is 4.98 Å². The Bertz CT molecular complexity index is 312. The number of aromatic nitrogens is 1. The van der Waals surface area contributed by atoms with E-state index in [0.717, 1.165) is 17.7 Å². The van der Waals surface area contributed by atoms with Gasteiger partial charge in [0.15, 0.2) is 0 Å². The predicted molar refractivity (Wildman–Crippen MR) is 50.3 cm³/mol. The van der Waals surface area contributed by atoms with Gasteiger partial charge < -0.3 is 4.98 Å². The first-order valence-corrected chi connectivity index (χ1v) is 4.28. The van der Waals surface area contributed by atoms with Crippen LogP contribution >= 0.6 is 0 Å². The van der Waals surface area contributed by atoms with E-state index in [-0.39, 0.29) is 5.56 Å². The zero-order chi connectivity index (χ0) is 9.14. The van der Waals surface area contributed by atoms with E-state index in [9.17, 15) is 4.79 Å². The zero-order valence-electron chi connectivity index (χ0n) is 7.85. The predicted octanol–water partition coefficient (Wildman–Crippen LogP) is 1.88. The number of aromatic amines is 1. The van der Waals surface area contributed by atoms with E-state index >= 15 is 0 Å². The van der Waals surface area contributed by atoms with Crippen molar-refractivity contribution >= 4 is 0 Å². The van der Waals surface area contributed by atoms with Gasteiger partial charge in [0.25, 0.3) is 0 Å². The van der Waals surface area contributed by atoms with Crippen molar-refractivity contribution in [2.45, 2.75) is 27.2 Å². The molecule has 0 bridgehead atoms. The van der Waals surface area contributed by atoms with E-state index in [1.807, 2.05) is 13.0 Å². The summed E-state index contributed by atoms with van der Waals surface area (Å²) in [6.45, 7) is 6.21. The smallest absolute Gasteiger partial charge is 0.248 e. The van der Waals surface area contributed by atoms with Crippen LogP contribution in [0.2, 0.25) is 0 Å². The first-order valence-electron chi connectivity index (χ1n) is 4.28. The van der Waals surface area contributed by atoms with Crippen molar-refractivity contribution in [2.75, 3.05) is 0 Å². The molecule has 66 valence electrons. The van der Waals surface area contributed by atoms with E-state index in [1.165, 1.54) is 0 Å². The van der Waals surface area contributed by atoms with Gasteiger partial charge in [-0.3, -0.25) is 4.79 Å². The fourth-order valence-electron chi connectivity index (χ4n) is 1.34. The van der Waals surface area contributed by atoms with Crippen molar-refractivity contribution in [3.63, 3.8) is 0 Å². The summed E-state index contributed by atoms with van der Waals surface area (Å²) in [6.07, 6.45) is 0.977. The number of hydrogen-bond acceptors (Lipinski definition) is 1. The van der Waals surface area contributed by atoms with E-state index < -0.39 is 0 Å². The minimum absolute atomic E-state index is 0.00523. The van der Waals surface area contributed by atoms with E-state index in [0.29, 0.717) is 5.92 Å². The summed E-state index contributed by atoms with van der Waals surface area (Å²) in [5.74, 6) is 0.603. The fraction of sp³-hybridized carbons (Fsp3) is 0.500. The van der Waals surface area contributed by atoms with Crippen LogP contribution in [0.3, 0.4) is 0 Å². The molecule has 1 aromatic rings. The van der Waals surface area contributed by atoms with Gasteiger partial charge in [-0.25, -0.2) is 0 Å². The van der Waals surface area contributed by atoms with Gasteiger partial charge >= 0.3 is 0 Å². The summed E-state index contributed by atoms with van der Waals surface area (Å²) in [6, 6.07) is 3.70. The Kier molecular flexibility index (Phi) is 2.69. The molecule has 2 heteroatoms. The molecule has 1 aromatic heterocycles. The maximum absolute atomic E-state index is 11.0. The Hall–Kier alpha value is -1.05. The minimum atomic E-state index is 0.00523. The molecule has 0 unspecified atom stereocenters. The third-order valence-electron chi connectivity index (χ3n) is 1.68. The largest absolute Gasteiger partial charge is 0.327 e. The summed E-state index contributed by atoms with van der Waals surface area (Å²) >= 11 is 0. The van der Waals surface area contributed by atoms with Crippen LogP contribution < -0.4 is 5.56 Å². The van der Waals surface area contributed by atoms with Crippen molar-refractivity contribution in [2.24, 2.45) is 5.92 Å². The monoisotopic (exact) mass is 165 g/mol. The van der Waals surface area contributed by atoms with Crippen LogP contribution in [0, 0.1) is 12.8 Å². The molecule has 12 heavy (non-hydrogen) atoms. The summed E-state index contributed by atoms with van der Waals surface area (Å²) < 4.78 is 0. The van der Waals surface area contributed by atoms with Gasteiger partial charge in [0.2, 0.25) is 5.56 Å². The fourth-order valence-corrected chi connectivity index (χ4v) is 1.34. The quantitative estimate of drug-likeness (QED) is 0.713. The highest BCUT2D eigenvalue weighted by molar-refractivity contribution is 5.15. The second kappa shape index (κ2) is 3.57. The molecule has 2 nitrogen and oxygen atoms in total. The summed E-state index contributed by atoms with van der Waals surface area (Å²) in [5.41, 5.74) is 2.08. The van der Waals surface area contributed by atoms with E-state index in [1.54, 1.807) is 6.07 Å². The first-order chi connectivity index (χ1) is 5.58. The lowest BCUT2D eigenvalue weighted by molar-refractivity contribution is 0.645. The van der Waals surface area contributed by atoms with Crippen molar-refractivity contribution in [1.82, 2.24) is 4.98 Å². The number of pyridine rings is 1. The molecule has 1 rings (SSSR count). The maximum Gasteiger partial charge on any atom is 0.248 e. The van der Waals surface area contributed by atoms with Crippen LogP contribution in [-0.2, 0) is 6.42 Å². The number of hydrogen-bond donors (Lipinski definition) is 1. The highest BCUT2D eigenvalue weighted by Gasteiger charge is 1.98. The molecule has 0 spiro atoms. The molecule has 0 fully saturated rings. The molecular formula is C10H15NO. The average molecular weight is 165 g/mol. The topological polar surface area (TPSA) is 32.9 Å². The molecule has 1 heterocycles. The van der Waals surface area contributed by atoms with Crippen molar-refractivity contribution in [3.8, 4) is 0 Å². The van der Waals surface area contributed by atoms with Crippen LogP contribution in [0.5, 0.6) is 0 Å². The molecule has 0 aliphatic rings. The van der Waals surface area contributed by atoms with Gasteiger partial charge in [-0.2, -0.15) is 0 Å². The molecule has 0 aliphatic carbocycles. The van der Waals surface area contributed by atoms with Crippen LogP contribution in [0.4, 0.5) is 0 Å². The molecule has 0 aromatic carbocycles. The van der Waals surface area contributed by atoms with E-state index in [4.69, 9.17) is 0 Å². The molecule has 0 saturated heterocycles.